The predicted molar refractivity (Wildman–Crippen MR) is 102 cm³/mol. The van der Waals surface area contributed by atoms with Crippen LogP contribution in [0.3, 0.4) is 0 Å². The van der Waals surface area contributed by atoms with Gasteiger partial charge in [-0.25, -0.2) is 9.97 Å². The van der Waals surface area contributed by atoms with Crippen LogP contribution in [0.1, 0.15) is 18.7 Å². The maximum Gasteiger partial charge on any atom is 0.306 e. The van der Waals surface area contributed by atoms with E-state index in [-0.39, 0.29) is 5.92 Å². The van der Waals surface area contributed by atoms with E-state index in [4.69, 9.17) is 14.6 Å². The number of nitrogens with zero attached hydrogens (tertiary/aromatic N) is 3. The Bertz CT molecular complexity index is 819. The monoisotopic (exact) mass is 372 g/mol. The van der Waals surface area contributed by atoms with E-state index in [1.54, 1.807) is 14.2 Å². The van der Waals surface area contributed by atoms with Gasteiger partial charge in [0.2, 0.25) is 0 Å². The van der Waals surface area contributed by atoms with Gasteiger partial charge in [0.15, 0.2) is 0 Å². The minimum absolute atomic E-state index is 0.275. The molecule has 3 rings (SSSR count). The van der Waals surface area contributed by atoms with Crippen LogP contribution in [0.15, 0.2) is 24.3 Å². The Kier molecular flexibility index (Phi) is 5.63. The minimum atomic E-state index is -0.721. The van der Waals surface area contributed by atoms with Crippen LogP contribution in [0.4, 0.5) is 17.3 Å². The van der Waals surface area contributed by atoms with Crippen molar-refractivity contribution in [1.82, 2.24) is 9.97 Å². The smallest absolute Gasteiger partial charge is 0.306 e. The fourth-order valence-corrected chi connectivity index (χ4v) is 3.18. The van der Waals surface area contributed by atoms with Crippen molar-refractivity contribution in [3.63, 3.8) is 0 Å². The molecule has 27 heavy (non-hydrogen) atoms. The van der Waals surface area contributed by atoms with Gasteiger partial charge in [-0.2, -0.15) is 0 Å². The summed E-state index contributed by atoms with van der Waals surface area (Å²) < 4.78 is 10.7. The van der Waals surface area contributed by atoms with Gasteiger partial charge in [0.25, 0.3) is 0 Å². The van der Waals surface area contributed by atoms with Gasteiger partial charge in [0, 0.05) is 25.2 Å². The maximum atomic E-state index is 11.1. The van der Waals surface area contributed by atoms with Gasteiger partial charge in [0.05, 0.1) is 25.8 Å². The van der Waals surface area contributed by atoms with Crippen LogP contribution in [-0.2, 0) is 4.79 Å². The molecule has 2 heterocycles. The summed E-state index contributed by atoms with van der Waals surface area (Å²) in [6.07, 6.45) is 1.23. The highest BCUT2D eigenvalue weighted by molar-refractivity contribution is 5.71. The van der Waals surface area contributed by atoms with Gasteiger partial charge in [-0.15, -0.1) is 0 Å². The quantitative estimate of drug-likeness (QED) is 0.799. The average Bonchev–Trinajstić information content (AvgIpc) is 2.67. The molecule has 8 heteroatoms. The summed E-state index contributed by atoms with van der Waals surface area (Å²) in [6, 6.07) is 7.36. The van der Waals surface area contributed by atoms with Gasteiger partial charge < -0.3 is 24.8 Å². The summed E-state index contributed by atoms with van der Waals surface area (Å²) in [4.78, 5) is 22.2. The van der Waals surface area contributed by atoms with E-state index in [2.05, 4.69) is 20.2 Å². The van der Waals surface area contributed by atoms with Crippen LogP contribution in [0.2, 0.25) is 0 Å². The molecule has 2 aromatic rings. The summed E-state index contributed by atoms with van der Waals surface area (Å²) in [7, 11) is 3.22. The van der Waals surface area contributed by atoms with Crippen LogP contribution >= 0.6 is 0 Å². The number of aryl methyl sites for hydroxylation is 1. The van der Waals surface area contributed by atoms with Crippen LogP contribution in [-0.4, -0.2) is 48.4 Å². The molecule has 0 unspecified atom stereocenters. The molecule has 0 aliphatic carbocycles. The molecule has 8 nitrogen and oxygen atoms in total. The number of hydrogen-bond donors (Lipinski definition) is 2. The van der Waals surface area contributed by atoms with Crippen molar-refractivity contribution in [1.29, 1.82) is 0 Å². The summed E-state index contributed by atoms with van der Waals surface area (Å²) in [5.41, 5.74) is 0.741. The lowest BCUT2D eigenvalue weighted by Crippen LogP contribution is -2.36. The van der Waals surface area contributed by atoms with Crippen molar-refractivity contribution in [2.45, 2.75) is 19.8 Å². The Morgan fingerprint density at radius 2 is 1.93 bits per heavy atom. The molecule has 0 saturated carbocycles. The highest BCUT2D eigenvalue weighted by Crippen LogP contribution is 2.32. The average molecular weight is 372 g/mol. The second kappa shape index (κ2) is 8.11. The molecule has 1 aromatic heterocycles. The van der Waals surface area contributed by atoms with E-state index >= 15 is 0 Å². The van der Waals surface area contributed by atoms with Gasteiger partial charge in [-0.1, -0.05) is 0 Å². The first kappa shape index (κ1) is 18.8. The Morgan fingerprint density at radius 3 is 2.56 bits per heavy atom. The number of aromatic nitrogens is 2. The molecule has 0 amide bonds. The topological polar surface area (TPSA) is 96.8 Å². The molecule has 144 valence electrons. The van der Waals surface area contributed by atoms with E-state index in [1.807, 2.05) is 31.2 Å². The maximum absolute atomic E-state index is 11.1. The second-order valence-corrected chi connectivity index (χ2v) is 6.45. The molecule has 0 bridgehead atoms. The zero-order valence-corrected chi connectivity index (χ0v) is 15.7. The van der Waals surface area contributed by atoms with Crippen molar-refractivity contribution in [3.8, 4) is 11.5 Å². The molecule has 1 fully saturated rings. The van der Waals surface area contributed by atoms with E-state index < -0.39 is 5.97 Å². The van der Waals surface area contributed by atoms with Crippen LogP contribution in [0, 0.1) is 12.8 Å². The van der Waals surface area contributed by atoms with Crippen LogP contribution in [0.5, 0.6) is 11.5 Å². The first-order valence-corrected chi connectivity index (χ1v) is 8.82. The molecule has 1 aromatic carbocycles. The third kappa shape index (κ3) is 4.39. The van der Waals surface area contributed by atoms with E-state index in [0.717, 1.165) is 11.5 Å². The molecule has 1 saturated heterocycles. The lowest BCUT2D eigenvalue weighted by molar-refractivity contribution is -0.142. The lowest BCUT2D eigenvalue weighted by atomic mass is 9.97. The highest BCUT2D eigenvalue weighted by atomic mass is 16.5. The third-order valence-electron chi connectivity index (χ3n) is 4.66. The van der Waals surface area contributed by atoms with Crippen molar-refractivity contribution in [3.05, 3.63) is 30.1 Å². The fraction of sp³-hybridized carbons (Fsp3) is 0.421. The summed E-state index contributed by atoms with van der Waals surface area (Å²) >= 11 is 0. The summed E-state index contributed by atoms with van der Waals surface area (Å²) in [5.74, 6) is 2.46. The van der Waals surface area contributed by atoms with Crippen molar-refractivity contribution in [2.75, 3.05) is 37.5 Å². The minimum Gasteiger partial charge on any atom is -0.497 e. The first-order valence-electron chi connectivity index (χ1n) is 8.82. The number of nitrogens with one attached hydrogen (secondary N) is 1. The van der Waals surface area contributed by atoms with Gasteiger partial charge in [-0.05, 0) is 31.9 Å². The molecule has 1 aliphatic heterocycles. The van der Waals surface area contributed by atoms with Gasteiger partial charge in [-0.3, -0.25) is 4.79 Å². The standard InChI is InChI=1S/C19H24N4O4/c1-12-20-17(22-15-10-14(26-2)4-5-16(15)27-3)11-18(21-12)23-8-6-13(7-9-23)19(24)25/h4-5,10-11,13H,6-9H2,1-3H3,(H,24,25)(H,20,21,22). The lowest BCUT2D eigenvalue weighted by Gasteiger charge is -2.31. The van der Waals surface area contributed by atoms with Gasteiger partial charge >= 0.3 is 5.97 Å². The number of carbonyl (C=O) groups is 1. The number of rotatable bonds is 6. The molecule has 0 spiro atoms. The van der Waals surface area contributed by atoms with E-state index in [1.165, 1.54) is 0 Å². The number of carboxylic acid groups (broad SMARTS) is 1. The van der Waals surface area contributed by atoms with Crippen molar-refractivity contribution >= 4 is 23.3 Å². The Balaban J connectivity index is 1.81. The Hall–Kier alpha value is -3.03. The summed E-state index contributed by atoms with van der Waals surface area (Å²) in [6.45, 7) is 3.16. The second-order valence-electron chi connectivity index (χ2n) is 6.45. The Labute approximate surface area is 158 Å². The zero-order valence-electron chi connectivity index (χ0n) is 15.7. The molecular formula is C19H24N4O4. The molecule has 2 N–H and O–H groups in total. The summed E-state index contributed by atoms with van der Waals surface area (Å²) in [5, 5.41) is 12.4. The van der Waals surface area contributed by atoms with Crippen molar-refractivity contribution in [2.24, 2.45) is 5.92 Å². The van der Waals surface area contributed by atoms with Crippen molar-refractivity contribution < 1.29 is 19.4 Å². The normalized spacial score (nSPS) is 14.7. The highest BCUT2D eigenvalue weighted by Gasteiger charge is 2.25. The third-order valence-corrected chi connectivity index (χ3v) is 4.66. The number of benzene rings is 1. The number of hydrogen-bond acceptors (Lipinski definition) is 7. The molecule has 0 radical (unpaired) electrons. The Morgan fingerprint density at radius 1 is 1.19 bits per heavy atom. The molecular weight excluding hydrogens is 348 g/mol. The number of anilines is 3. The number of piperidine rings is 1. The van der Waals surface area contributed by atoms with Crippen LogP contribution in [0.25, 0.3) is 0 Å². The number of methoxy groups -OCH3 is 2. The zero-order chi connectivity index (χ0) is 19.4. The fourth-order valence-electron chi connectivity index (χ4n) is 3.18. The SMILES string of the molecule is COc1ccc(OC)c(Nc2cc(N3CCC(C(=O)O)CC3)nc(C)n2)c1. The van der Waals surface area contributed by atoms with Gasteiger partial charge in [0.1, 0.15) is 29.0 Å². The largest absolute Gasteiger partial charge is 0.497 e. The van der Waals surface area contributed by atoms with E-state index in [0.29, 0.717) is 49.1 Å². The van der Waals surface area contributed by atoms with Crippen LogP contribution < -0.4 is 19.7 Å². The van der Waals surface area contributed by atoms with E-state index in [9.17, 15) is 4.79 Å². The number of ether oxygens (including phenoxy) is 2. The number of carboxylic acids is 1. The molecule has 1 aliphatic rings. The first-order chi connectivity index (χ1) is 13.0. The molecule has 0 atom stereocenters. The predicted octanol–water partition coefficient (Wildman–Crippen LogP) is 2.85. The number of aliphatic carboxylic acids is 1.